The molecule has 0 bridgehead atoms. The molecule has 2 N–H and O–H groups in total. The quantitative estimate of drug-likeness (QED) is 0.876. The summed E-state index contributed by atoms with van der Waals surface area (Å²) in [5.74, 6) is 0.712. The van der Waals surface area contributed by atoms with Gasteiger partial charge in [0.15, 0.2) is 0 Å². The lowest BCUT2D eigenvalue weighted by atomic mass is 9.83. The van der Waals surface area contributed by atoms with Crippen LogP contribution in [0.5, 0.6) is 0 Å². The molecule has 2 nitrogen and oxygen atoms in total. The zero-order chi connectivity index (χ0) is 13.9. The molecule has 2 heteroatoms. The summed E-state index contributed by atoms with van der Waals surface area (Å²) < 4.78 is 0. The van der Waals surface area contributed by atoms with Crippen LogP contribution in [0.3, 0.4) is 0 Å². The van der Waals surface area contributed by atoms with Crippen LogP contribution in [0.4, 0.5) is 5.69 Å². The molecule has 0 spiro atoms. The van der Waals surface area contributed by atoms with Crippen LogP contribution in [0.2, 0.25) is 0 Å². The van der Waals surface area contributed by atoms with Gasteiger partial charge in [-0.25, -0.2) is 0 Å². The fourth-order valence-corrected chi connectivity index (χ4v) is 3.57. The Hall–Kier alpha value is -1.02. The number of anilines is 1. The van der Waals surface area contributed by atoms with Crippen LogP contribution in [-0.4, -0.2) is 18.6 Å². The predicted molar refractivity (Wildman–Crippen MR) is 83.6 cm³/mol. The number of hydrogen-bond acceptors (Lipinski definition) is 2. The van der Waals surface area contributed by atoms with E-state index in [1.807, 2.05) is 0 Å². The summed E-state index contributed by atoms with van der Waals surface area (Å²) in [5.41, 5.74) is 9.24. The van der Waals surface area contributed by atoms with Gasteiger partial charge in [0.1, 0.15) is 0 Å². The third kappa shape index (κ3) is 2.64. The molecule has 0 radical (unpaired) electrons. The molecular formula is C17H28N2. The third-order valence-corrected chi connectivity index (χ3v) is 4.67. The van der Waals surface area contributed by atoms with Crippen LogP contribution in [0, 0.1) is 5.92 Å². The molecule has 2 atom stereocenters. The summed E-state index contributed by atoms with van der Waals surface area (Å²) >= 11 is 0. The van der Waals surface area contributed by atoms with Gasteiger partial charge in [0.05, 0.1) is 5.54 Å². The zero-order valence-corrected chi connectivity index (χ0v) is 12.7. The zero-order valence-electron chi connectivity index (χ0n) is 12.7. The molecule has 19 heavy (non-hydrogen) atoms. The van der Waals surface area contributed by atoms with E-state index < -0.39 is 0 Å². The number of hydrogen-bond donors (Lipinski definition) is 1. The van der Waals surface area contributed by atoms with Gasteiger partial charge in [0, 0.05) is 18.8 Å². The molecule has 1 aromatic rings. The first-order valence-corrected chi connectivity index (χ1v) is 7.72. The van der Waals surface area contributed by atoms with Gasteiger partial charge in [-0.05, 0) is 36.8 Å². The highest BCUT2D eigenvalue weighted by molar-refractivity contribution is 5.58. The van der Waals surface area contributed by atoms with Gasteiger partial charge in [0.25, 0.3) is 0 Å². The summed E-state index contributed by atoms with van der Waals surface area (Å²) in [6, 6.07) is 8.87. The van der Waals surface area contributed by atoms with Crippen LogP contribution in [0.1, 0.15) is 45.6 Å². The maximum atomic E-state index is 6.20. The third-order valence-electron chi connectivity index (χ3n) is 4.67. The van der Waals surface area contributed by atoms with E-state index in [2.05, 4.69) is 49.9 Å². The first-order valence-electron chi connectivity index (χ1n) is 7.72. The number of benzene rings is 1. The van der Waals surface area contributed by atoms with Crippen molar-refractivity contribution in [1.29, 1.82) is 0 Å². The van der Waals surface area contributed by atoms with E-state index in [4.69, 9.17) is 5.73 Å². The molecule has 2 unspecified atom stereocenters. The first-order chi connectivity index (χ1) is 9.16. The van der Waals surface area contributed by atoms with Crippen LogP contribution < -0.4 is 10.6 Å². The molecule has 0 fully saturated rings. The number of nitrogens with two attached hydrogens (primary N) is 1. The smallest absolute Gasteiger partial charge is 0.0521 e. The van der Waals surface area contributed by atoms with Gasteiger partial charge >= 0.3 is 0 Å². The predicted octanol–water partition coefficient (Wildman–Crippen LogP) is 3.59. The molecule has 1 aromatic carbocycles. The summed E-state index contributed by atoms with van der Waals surface area (Å²) in [6.07, 6.45) is 4.70. The maximum absolute atomic E-state index is 6.20. The fourth-order valence-electron chi connectivity index (χ4n) is 3.57. The van der Waals surface area contributed by atoms with Gasteiger partial charge in [-0.1, -0.05) is 45.4 Å². The number of para-hydroxylation sites is 1. The monoisotopic (exact) mass is 260 g/mol. The molecule has 1 aliphatic heterocycles. The molecule has 1 heterocycles. The number of fused-ring (bicyclic) bond motifs is 1. The maximum Gasteiger partial charge on any atom is 0.0521 e. The summed E-state index contributed by atoms with van der Waals surface area (Å²) in [5, 5.41) is 0. The molecule has 106 valence electrons. The van der Waals surface area contributed by atoms with E-state index in [-0.39, 0.29) is 5.54 Å². The van der Waals surface area contributed by atoms with Crippen molar-refractivity contribution in [3.05, 3.63) is 29.8 Å². The Bertz CT molecular complexity index is 409. The highest BCUT2D eigenvalue weighted by Gasteiger charge is 2.36. The van der Waals surface area contributed by atoms with Gasteiger partial charge in [-0.3, -0.25) is 0 Å². The molecule has 0 saturated heterocycles. The number of nitrogens with zero attached hydrogens (tertiary/aromatic N) is 1. The number of rotatable bonds is 5. The van der Waals surface area contributed by atoms with E-state index in [1.54, 1.807) is 0 Å². The summed E-state index contributed by atoms with van der Waals surface area (Å²) in [6.45, 7) is 8.79. The van der Waals surface area contributed by atoms with Crippen molar-refractivity contribution < 1.29 is 0 Å². The highest BCUT2D eigenvalue weighted by Crippen LogP contribution is 2.37. The molecule has 0 aromatic heterocycles. The Labute approximate surface area is 118 Å². The SMILES string of the molecule is CCCC(CC)(CN)N1CC(C)Cc2ccccc21. The lowest BCUT2D eigenvalue weighted by Crippen LogP contribution is -2.56. The Balaban J connectivity index is 2.42. The second kappa shape index (κ2) is 5.96. The van der Waals surface area contributed by atoms with Crippen molar-refractivity contribution in [3.8, 4) is 0 Å². The van der Waals surface area contributed by atoms with Crippen molar-refractivity contribution in [1.82, 2.24) is 0 Å². The van der Waals surface area contributed by atoms with Crippen LogP contribution >= 0.6 is 0 Å². The van der Waals surface area contributed by atoms with Crippen LogP contribution in [0.25, 0.3) is 0 Å². The second-order valence-electron chi connectivity index (χ2n) is 6.08. The minimum atomic E-state index is 0.138. The van der Waals surface area contributed by atoms with Crippen molar-refractivity contribution in [2.24, 2.45) is 11.7 Å². The van der Waals surface area contributed by atoms with E-state index in [1.165, 1.54) is 30.5 Å². The topological polar surface area (TPSA) is 29.3 Å². The van der Waals surface area contributed by atoms with Gasteiger partial charge in [-0.15, -0.1) is 0 Å². The molecule has 2 rings (SSSR count). The molecule has 1 aliphatic rings. The van der Waals surface area contributed by atoms with Gasteiger partial charge in [-0.2, -0.15) is 0 Å². The Morgan fingerprint density at radius 3 is 2.68 bits per heavy atom. The minimum absolute atomic E-state index is 0.138. The Morgan fingerprint density at radius 2 is 2.05 bits per heavy atom. The van der Waals surface area contributed by atoms with E-state index in [0.717, 1.165) is 19.5 Å². The van der Waals surface area contributed by atoms with Crippen molar-refractivity contribution in [2.45, 2.75) is 52.0 Å². The first kappa shape index (κ1) is 14.4. The lowest BCUT2D eigenvalue weighted by molar-refractivity contribution is 0.324. The summed E-state index contributed by atoms with van der Waals surface area (Å²) in [4.78, 5) is 2.61. The average molecular weight is 260 g/mol. The highest BCUT2D eigenvalue weighted by atomic mass is 15.2. The molecule has 0 amide bonds. The van der Waals surface area contributed by atoms with E-state index >= 15 is 0 Å². The largest absolute Gasteiger partial charge is 0.364 e. The average Bonchev–Trinajstić information content (AvgIpc) is 2.44. The lowest BCUT2D eigenvalue weighted by Gasteiger charge is -2.49. The van der Waals surface area contributed by atoms with Crippen molar-refractivity contribution in [3.63, 3.8) is 0 Å². The van der Waals surface area contributed by atoms with Crippen LogP contribution in [-0.2, 0) is 6.42 Å². The molecular weight excluding hydrogens is 232 g/mol. The standard InChI is InChI=1S/C17H28N2/c1-4-10-17(5-2,13-18)19-12-14(3)11-15-8-6-7-9-16(15)19/h6-9,14H,4-5,10-13,18H2,1-3H3. The summed E-state index contributed by atoms with van der Waals surface area (Å²) in [7, 11) is 0. The van der Waals surface area contributed by atoms with Gasteiger partial charge < -0.3 is 10.6 Å². The van der Waals surface area contributed by atoms with E-state index in [0.29, 0.717) is 5.92 Å². The van der Waals surface area contributed by atoms with Gasteiger partial charge in [0.2, 0.25) is 0 Å². The van der Waals surface area contributed by atoms with Crippen molar-refractivity contribution in [2.75, 3.05) is 18.0 Å². The molecule has 0 aliphatic carbocycles. The Kier molecular flexibility index (Phi) is 4.51. The van der Waals surface area contributed by atoms with Crippen LogP contribution in [0.15, 0.2) is 24.3 Å². The normalized spacial score (nSPS) is 21.9. The van der Waals surface area contributed by atoms with E-state index in [9.17, 15) is 0 Å². The van der Waals surface area contributed by atoms with Crippen molar-refractivity contribution >= 4 is 5.69 Å². The fraction of sp³-hybridized carbons (Fsp3) is 0.647. The second-order valence-corrected chi connectivity index (χ2v) is 6.08. The molecule has 0 saturated carbocycles. The Morgan fingerprint density at radius 1 is 1.32 bits per heavy atom. The minimum Gasteiger partial charge on any atom is -0.364 e.